The van der Waals surface area contributed by atoms with E-state index in [1.165, 1.54) is 5.57 Å². The molecule has 0 aliphatic rings. The van der Waals surface area contributed by atoms with Crippen molar-refractivity contribution >= 4 is 11.9 Å². The Kier molecular flexibility index (Phi) is 18.4. The highest BCUT2D eigenvalue weighted by atomic mass is 17.1. The maximum absolute atomic E-state index is 9.59. The maximum atomic E-state index is 9.59. The van der Waals surface area contributed by atoms with E-state index in [-0.39, 0.29) is 0 Å². The first-order valence-corrected chi connectivity index (χ1v) is 3.77. The zero-order valence-corrected chi connectivity index (χ0v) is 8.90. The van der Waals surface area contributed by atoms with Crippen molar-refractivity contribution in [1.82, 2.24) is 0 Å². The Morgan fingerprint density at radius 3 is 1.47 bits per heavy atom. The third kappa shape index (κ3) is 73.1. The summed E-state index contributed by atoms with van der Waals surface area (Å²) < 4.78 is 0. The predicted octanol–water partition coefficient (Wildman–Crippen LogP) is 2.03. The van der Waals surface area contributed by atoms with E-state index in [0.717, 1.165) is 12.2 Å². The molecular weight excluding hydrogens is 200 g/mol. The molecule has 0 aromatic carbocycles. The number of carbonyl (C=O) groups is 2. The van der Waals surface area contributed by atoms with Crippen molar-refractivity contribution in [2.45, 2.75) is 13.8 Å². The minimum atomic E-state index is -0.981. The third-order valence-electron chi connectivity index (χ3n) is 0.431. The summed E-state index contributed by atoms with van der Waals surface area (Å²) in [6, 6.07) is 0. The van der Waals surface area contributed by atoms with Crippen LogP contribution in [0.25, 0.3) is 0 Å². The third-order valence-corrected chi connectivity index (χ3v) is 0.431. The van der Waals surface area contributed by atoms with E-state index in [0.29, 0.717) is 0 Å². The van der Waals surface area contributed by atoms with Gasteiger partial charge in [0.25, 0.3) is 0 Å². The van der Waals surface area contributed by atoms with Crippen LogP contribution in [0.3, 0.4) is 0 Å². The highest BCUT2D eigenvalue weighted by molar-refractivity contribution is 5.80. The van der Waals surface area contributed by atoms with Crippen LogP contribution in [0.4, 0.5) is 0 Å². The molecule has 15 heavy (non-hydrogen) atoms. The fraction of sp³-hybridized carbons (Fsp3) is 0.200. The molecule has 0 rings (SSSR count). The normalized spacial score (nSPS) is 6.60. The average Bonchev–Trinajstić information content (AvgIpc) is 2.16. The van der Waals surface area contributed by atoms with Crippen LogP contribution < -0.4 is 0 Å². The van der Waals surface area contributed by atoms with Crippen molar-refractivity contribution < 1.29 is 24.8 Å². The molecule has 0 unspecified atom stereocenters. The predicted molar refractivity (Wildman–Crippen MR) is 57.2 cm³/mol. The van der Waals surface area contributed by atoms with Gasteiger partial charge in [-0.1, -0.05) is 18.7 Å². The highest BCUT2D eigenvalue weighted by Crippen LogP contribution is 1.73. The van der Waals surface area contributed by atoms with Crippen LogP contribution in [0.2, 0.25) is 0 Å². The molecule has 0 radical (unpaired) electrons. The molecule has 0 aliphatic heterocycles. The minimum absolute atomic E-state index is 0.833. The SMILES string of the molecule is C=C(C)C.C=CC(=O)O.C=CC(=O)OO. The van der Waals surface area contributed by atoms with Gasteiger partial charge >= 0.3 is 11.9 Å². The largest absolute Gasteiger partial charge is 0.478 e. The Morgan fingerprint density at radius 2 is 1.47 bits per heavy atom. The zero-order valence-electron chi connectivity index (χ0n) is 8.90. The Balaban J connectivity index is -0.000000147. The molecule has 0 aromatic rings. The fourth-order valence-corrected chi connectivity index (χ4v) is 0.0373. The van der Waals surface area contributed by atoms with Crippen molar-refractivity contribution in [2.75, 3.05) is 0 Å². The van der Waals surface area contributed by atoms with Gasteiger partial charge in [0.15, 0.2) is 0 Å². The van der Waals surface area contributed by atoms with E-state index in [1.807, 2.05) is 13.8 Å². The number of hydrogen-bond donors (Lipinski definition) is 2. The highest BCUT2D eigenvalue weighted by Gasteiger charge is 1.85. The molecule has 0 spiro atoms. The molecule has 5 nitrogen and oxygen atoms in total. The quantitative estimate of drug-likeness (QED) is 0.319. The monoisotopic (exact) mass is 216 g/mol. The van der Waals surface area contributed by atoms with Gasteiger partial charge in [-0.3, -0.25) is 4.89 Å². The van der Waals surface area contributed by atoms with Crippen LogP contribution in [0.1, 0.15) is 13.8 Å². The summed E-state index contributed by atoms with van der Waals surface area (Å²) in [5, 5.41) is 15.0. The second-order valence-corrected chi connectivity index (χ2v) is 2.36. The van der Waals surface area contributed by atoms with Crippen molar-refractivity contribution in [3.8, 4) is 0 Å². The Labute approximate surface area is 88.9 Å². The molecule has 5 heteroatoms. The molecule has 0 atom stereocenters. The molecule has 2 N–H and O–H groups in total. The van der Waals surface area contributed by atoms with Gasteiger partial charge < -0.3 is 5.11 Å². The summed E-state index contributed by atoms with van der Waals surface area (Å²) in [5.41, 5.74) is 1.17. The van der Waals surface area contributed by atoms with E-state index in [4.69, 9.17) is 10.4 Å². The summed E-state index contributed by atoms with van der Waals surface area (Å²) in [6.07, 6.45) is 1.69. The second kappa shape index (κ2) is 14.6. The van der Waals surface area contributed by atoms with Crippen LogP contribution in [0.15, 0.2) is 37.5 Å². The standard InChI is InChI=1S/C4H8.C3H4O3.C3H4O2/c1-4(2)3;1-2-3(4)6-5;1-2-3(4)5/h1H2,2-3H3;2,5H,1H2;2H,1H2,(H,4,5). The van der Waals surface area contributed by atoms with E-state index in [1.54, 1.807) is 0 Å². The zero-order chi connectivity index (χ0) is 12.9. The first-order chi connectivity index (χ1) is 6.81. The molecular formula is C10H16O5. The Hall–Kier alpha value is -1.88. The maximum Gasteiger partial charge on any atom is 0.365 e. The van der Waals surface area contributed by atoms with Gasteiger partial charge in [0.1, 0.15) is 0 Å². The molecule has 86 valence electrons. The van der Waals surface area contributed by atoms with Crippen molar-refractivity contribution in [1.29, 1.82) is 0 Å². The molecule has 0 saturated heterocycles. The second-order valence-electron chi connectivity index (χ2n) is 2.36. The van der Waals surface area contributed by atoms with Crippen LogP contribution in [-0.4, -0.2) is 22.3 Å². The topological polar surface area (TPSA) is 83.8 Å². The number of carbonyl (C=O) groups excluding carboxylic acids is 1. The van der Waals surface area contributed by atoms with E-state index >= 15 is 0 Å². The lowest BCUT2D eigenvalue weighted by atomic mass is 10.4. The van der Waals surface area contributed by atoms with E-state index in [2.05, 4.69) is 24.6 Å². The van der Waals surface area contributed by atoms with Crippen molar-refractivity contribution in [3.63, 3.8) is 0 Å². The van der Waals surface area contributed by atoms with Crippen LogP contribution >= 0.6 is 0 Å². The summed E-state index contributed by atoms with van der Waals surface area (Å²) >= 11 is 0. The van der Waals surface area contributed by atoms with Gasteiger partial charge in [0, 0.05) is 12.2 Å². The van der Waals surface area contributed by atoms with E-state index < -0.39 is 11.9 Å². The molecule has 0 aromatic heterocycles. The van der Waals surface area contributed by atoms with Crippen LogP contribution in [-0.2, 0) is 14.5 Å². The average molecular weight is 216 g/mol. The smallest absolute Gasteiger partial charge is 0.365 e. The Bertz CT molecular complexity index is 226. The summed E-state index contributed by atoms with van der Waals surface area (Å²) in [7, 11) is 0. The molecule has 0 aliphatic carbocycles. The van der Waals surface area contributed by atoms with Gasteiger partial charge in [0.05, 0.1) is 0 Å². The summed E-state index contributed by atoms with van der Waals surface area (Å²) in [5.74, 6) is -1.82. The summed E-state index contributed by atoms with van der Waals surface area (Å²) in [6.45, 7) is 13.5. The summed E-state index contributed by atoms with van der Waals surface area (Å²) in [4.78, 5) is 22.0. The van der Waals surface area contributed by atoms with Gasteiger partial charge in [-0.2, -0.15) is 5.26 Å². The van der Waals surface area contributed by atoms with Gasteiger partial charge in [0.2, 0.25) is 0 Å². The van der Waals surface area contributed by atoms with E-state index in [9.17, 15) is 9.59 Å². The van der Waals surface area contributed by atoms with Gasteiger partial charge in [-0.05, 0) is 13.8 Å². The minimum Gasteiger partial charge on any atom is -0.478 e. The number of carboxylic acid groups (broad SMARTS) is 1. The lowest BCUT2D eigenvalue weighted by Crippen LogP contribution is -1.92. The number of aliphatic carboxylic acids is 1. The molecule has 0 saturated carbocycles. The number of allylic oxidation sites excluding steroid dienone is 1. The Morgan fingerprint density at radius 1 is 1.20 bits per heavy atom. The van der Waals surface area contributed by atoms with Crippen molar-refractivity contribution in [3.05, 3.63) is 37.5 Å². The van der Waals surface area contributed by atoms with Crippen LogP contribution in [0, 0.1) is 0 Å². The first kappa shape index (κ1) is 18.8. The molecule has 0 amide bonds. The first-order valence-electron chi connectivity index (χ1n) is 3.77. The molecule has 0 bridgehead atoms. The molecule has 0 heterocycles. The number of carboxylic acids is 1. The van der Waals surface area contributed by atoms with Gasteiger partial charge in [-0.25, -0.2) is 9.59 Å². The lowest BCUT2D eigenvalue weighted by Gasteiger charge is -1.78. The van der Waals surface area contributed by atoms with Gasteiger partial charge in [-0.15, -0.1) is 6.58 Å². The van der Waals surface area contributed by atoms with Crippen molar-refractivity contribution in [2.24, 2.45) is 0 Å². The van der Waals surface area contributed by atoms with Crippen LogP contribution in [0.5, 0.6) is 0 Å². The lowest BCUT2D eigenvalue weighted by molar-refractivity contribution is -0.228. The number of hydrogen-bond acceptors (Lipinski definition) is 4. The molecule has 0 fully saturated rings. The fourth-order valence-electron chi connectivity index (χ4n) is 0.0373. The number of rotatable bonds is 2.